The molecule has 2 rings (SSSR count). The average Bonchev–Trinajstić information content (AvgIpc) is 3.00. The molecule has 23 heavy (non-hydrogen) atoms. The van der Waals surface area contributed by atoms with E-state index >= 15 is 0 Å². The molecule has 0 saturated heterocycles. The molecule has 0 aliphatic rings. The molecule has 0 bridgehead atoms. The Morgan fingerprint density at radius 2 is 2.17 bits per heavy atom. The lowest BCUT2D eigenvalue weighted by Gasteiger charge is -2.11. The summed E-state index contributed by atoms with van der Waals surface area (Å²) in [4.78, 5) is 16.6. The lowest BCUT2D eigenvalue weighted by Crippen LogP contribution is -2.15. The van der Waals surface area contributed by atoms with Gasteiger partial charge in [0.15, 0.2) is 0 Å². The highest BCUT2D eigenvalue weighted by molar-refractivity contribution is 7.09. The molecule has 0 aliphatic carbocycles. The number of thiazole rings is 1. The lowest BCUT2D eigenvalue weighted by atomic mass is 10.2. The number of anilines is 1. The van der Waals surface area contributed by atoms with E-state index in [9.17, 15) is 4.79 Å². The Morgan fingerprint density at radius 1 is 1.35 bits per heavy atom. The van der Waals surface area contributed by atoms with Gasteiger partial charge >= 0.3 is 0 Å². The first-order valence-corrected chi connectivity index (χ1v) is 8.19. The van der Waals surface area contributed by atoms with Crippen LogP contribution in [0.15, 0.2) is 23.6 Å². The van der Waals surface area contributed by atoms with E-state index in [-0.39, 0.29) is 12.3 Å². The van der Waals surface area contributed by atoms with Crippen molar-refractivity contribution < 1.29 is 14.3 Å². The summed E-state index contributed by atoms with van der Waals surface area (Å²) < 4.78 is 10.4. The van der Waals surface area contributed by atoms with Crippen molar-refractivity contribution >= 4 is 22.9 Å². The summed E-state index contributed by atoms with van der Waals surface area (Å²) in [5.74, 6) is 1.09. The van der Waals surface area contributed by atoms with Gasteiger partial charge in [-0.1, -0.05) is 0 Å². The summed E-state index contributed by atoms with van der Waals surface area (Å²) in [6.07, 6.45) is 1.99. The van der Waals surface area contributed by atoms with Gasteiger partial charge in [-0.15, -0.1) is 11.3 Å². The Morgan fingerprint density at radius 3 is 2.87 bits per heavy atom. The SMILES string of the molecule is COc1ccc(NC(=O)Cc2csc(CCCN)n2)c(OC)c1. The number of ether oxygens (including phenoxy) is 2. The van der Waals surface area contributed by atoms with Crippen LogP contribution in [0.3, 0.4) is 0 Å². The lowest BCUT2D eigenvalue weighted by molar-refractivity contribution is -0.115. The van der Waals surface area contributed by atoms with Gasteiger partial charge in [-0.3, -0.25) is 4.79 Å². The van der Waals surface area contributed by atoms with E-state index in [2.05, 4.69) is 10.3 Å². The van der Waals surface area contributed by atoms with Gasteiger partial charge < -0.3 is 20.5 Å². The third-order valence-corrected chi connectivity index (χ3v) is 4.18. The molecule has 6 nitrogen and oxygen atoms in total. The molecule has 7 heteroatoms. The molecule has 2 aromatic rings. The van der Waals surface area contributed by atoms with Crippen molar-refractivity contribution in [3.05, 3.63) is 34.3 Å². The largest absolute Gasteiger partial charge is 0.497 e. The predicted octanol–water partition coefficient (Wildman–Crippen LogP) is 2.23. The number of carbonyl (C=O) groups is 1. The number of methoxy groups -OCH3 is 2. The van der Waals surface area contributed by atoms with Crippen molar-refractivity contribution in [2.75, 3.05) is 26.1 Å². The number of benzene rings is 1. The van der Waals surface area contributed by atoms with Crippen molar-refractivity contribution in [1.82, 2.24) is 4.98 Å². The second kappa shape index (κ2) is 8.50. The van der Waals surface area contributed by atoms with Crippen LogP contribution in [0.4, 0.5) is 5.69 Å². The number of carbonyl (C=O) groups excluding carboxylic acids is 1. The molecule has 0 saturated carbocycles. The highest BCUT2D eigenvalue weighted by Gasteiger charge is 2.11. The van der Waals surface area contributed by atoms with Gasteiger partial charge in [-0.05, 0) is 25.1 Å². The number of aromatic nitrogens is 1. The molecule has 3 N–H and O–H groups in total. The minimum absolute atomic E-state index is 0.135. The second-order valence-corrected chi connectivity index (χ2v) is 5.86. The van der Waals surface area contributed by atoms with Crippen LogP contribution in [0, 0.1) is 0 Å². The average molecular weight is 335 g/mol. The van der Waals surface area contributed by atoms with Crippen molar-refractivity contribution in [2.24, 2.45) is 5.73 Å². The van der Waals surface area contributed by atoms with E-state index in [0.29, 0.717) is 23.7 Å². The number of hydrogen-bond acceptors (Lipinski definition) is 6. The van der Waals surface area contributed by atoms with Gasteiger partial charge in [0, 0.05) is 17.9 Å². The van der Waals surface area contributed by atoms with Crippen LogP contribution < -0.4 is 20.5 Å². The molecular formula is C16H21N3O3S. The van der Waals surface area contributed by atoms with E-state index in [1.807, 2.05) is 5.38 Å². The number of nitrogens with one attached hydrogen (secondary N) is 1. The van der Waals surface area contributed by atoms with Crippen LogP contribution in [-0.4, -0.2) is 31.7 Å². The Labute approximate surface area is 139 Å². The topological polar surface area (TPSA) is 86.5 Å². The molecule has 0 aliphatic heterocycles. The van der Waals surface area contributed by atoms with E-state index < -0.39 is 0 Å². The van der Waals surface area contributed by atoms with E-state index in [0.717, 1.165) is 23.5 Å². The third kappa shape index (κ3) is 4.94. The molecule has 1 aromatic carbocycles. The number of nitrogens with zero attached hydrogens (tertiary/aromatic N) is 1. The molecular weight excluding hydrogens is 314 g/mol. The fraction of sp³-hybridized carbons (Fsp3) is 0.375. The van der Waals surface area contributed by atoms with Gasteiger partial charge in [0.2, 0.25) is 5.91 Å². The van der Waals surface area contributed by atoms with Crippen molar-refractivity contribution in [3.8, 4) is 11.5 Å². The van der Waals surface area contributed by atoms with Crippen LogP contribution in [0.2, 0.25) is 0 Å². The smallest absolute Gasteiger partial charge is 0.230 e. The maximum atomic E-state index is 12.2. The molecule has 0 radical (unpaired) electrons. The molecule has 0 atom stereocenters. The molecule has 1 amide bonds. The molecule has 124 valence electrons. The molecule has 1 heterocycles. The summed E-state index contributed by atoms with van der Waals surface area (Å²) >= 11 is 1.56. The van der Waals surface area contributed by atoms with Crippen LogP contribution >= 0.6 is 11.3 Å². The van der Waals surface area contributed by atoms with Crippen molar-refractivity contribution in [2.45, 2.75) is 19.3 Å². The zero-order valence-corrected chi connectivity index (χ0v) is 14.1. The van der Waals surface area contributed by atoms with Gasteiger partial charge in [-0.25, -0.2) is 4.98 Å². The zero-order chi connectivity index (χ0) is 16.7. The molecule has 0 unspecified atom stereocenters. The summed E-state index contributed by atoms with van der Waals surface area (Å²) in [5.41, 5.74) is 6.87. The highest BCUT2D eigenvalue weighted by atomic mass is 32.1. The Bertz CT molecular complexity index is 658. The van der Waals surface area contributed by atoms with Crippen LogP contribution in [0.25, 0.3) is 0 Å². The van der Waals surface area contributed by atoms with Gasteiger partial charge in [0.25, 0.3) is 0 Å². The summed E-state index contributed by atoms with van der Waals surface area (Å²) in [6.45, 7) is 0.645. The fourth-order valence-corrected chi connectivity index (χ4v) is 2.90. The minimum Gasteiger partial charge on any atom is -0.497 e. The number of amides is 1. The Balaban J connectivity index is 1.98. The zero-order valence-electron chi connectivity index (χ0n) is 13.3. The van der Waals surface area contributed by atoms with Crippen molar-refractivity contribution in [3.63, 3.8) is 0 Å². The monoisotopic (exact) mass is 335 g/mol. The minimum atomic E-state index is -0.135. The quantitative estimate of drug-likeness (QED) is 0.772. The maximum Gasteiger partial charge on any atom is 0.230 e. The number of rotatable bonds is 8. The Hall–Kier alpha value is -2.12. The normalized spacial score (nSPS) is 10.4. The third-order valence-electron chi connectivity index (χ3n) is 3.22. The van der Waals surface area contributed by atoms with E-state index in [1.165, 1.54) is 0 Å². The maximum absolute atomic E-state index is 12.2. The number of nitrogens with two attached hydrogens (primary N) is 1. The Kier molecular flexibility index (Phi) is 6.37. The first-order chi connectivity index (χ1) is 11.2. The van der Waals surface area contributed by atoms with Gasteiger partial charge in [0.05, 0.1) is 37.0 Å². The van der Waals surface area contributed by atoms with Gasteiger partial charge in [-0.2, -0.15) is 0 Å². The highest BCUT2D eigenvalue weighted by Crippen LogP contribution is 2.29. The van der Waals surface area contributed by atoms with Crippen LogP contribution in [-0.2, 0) is 17.6 Å². The summed E-state index contributed by atoms with van der Waals surface area (Å²) in [7, 11) is 3.13. The first kappa shape index (κ1) is 17.2. The standard InChI is InChI=1S/C16H21N3O3S/c1-21-12-5-6-13(14(9-12)22-2)19-15(20)8-11-10-23-16(18-11)4-3-7-17/h5-6,9-10H,3-4,7-8,17H2,1-2H3,(H,19,20). The van der Waals surface area contributed by atoms with Crippen LogP contribution in [0.5, 0.6) is 11.5 Å². The first-order valence-electron chi connectivity index (χ1n) is 7.31. The molecule has 0 fully saturated rings. The van der Waals surface area contributed by atoms with Crippen LogP contribution in [0.1, 0.15) is 17.1 Å². The molecule has 1 aromatic heterocycles. The second-order valence-electron chi connectivity index (χ2n) is 4.92. The van der Waals surface area contributed by atoms with E-state index in [4.69, 9.17) is 15.2 Å². The van der Waals surface area contributed by atoms with Crippen molar-refractivity contribution in [1.29, 1.82) is 0 Å². The molecule has 0 spiro atoms. The van der Waals surface area contributed by atoms with E-state index in [1.54, 1.807) is 43.8 Å². The number of hydrogen-bond donors (Lipinski definition) is 2. The fourth-order valence-electron chi connectivity index (χ4n) is 2.06. The van der Waals surface area contributed by atoms with Gasteiger partial charge in [0.1, 0.15) is 11.5 Å². The summed E-state index contributed by atoms with van der Waals surface area (Å²) in [6, 6.07) is 5.25. The summed E-state index contributed by atoms with van der Waals surface area (Å²) in [5, 5.41) is 5.77. The number of aryl methyl sites for hydroxylation is 1. The predicted molar refractivity (Wildman–Crippen MR) is 91.4 cm³/mol.